The van der Waals surface area contributed by atoms with Crippen LogP contribution in [0.15, 0.2) is 54.7 Å². The smallest absolute Gasteiger partial charge is 0.310 e. The van der Waals surface area contributed by atoms with Gasteiger partial charge in [-0.1, -0.05) is 36.4 Å². The van der Waals surface area contributed by atoms with Crippen LogP contribution in [0.1, 0.15) is 11.1 Å². The van der Waals surface area contributed by atoms with E-state index in [-0.39, 0.29) is 24.8 Å². The van der Waals surface area contributed by atoms with E-state index in [0.29, 0.717) is 16.5 Å². The number of benzene rings is 2. The predicted octanol–water partition coefficient (Wildman–Crippen LogP) is 3.59. The van der Waals surface area contributed by atoms with Gasteiger partial charge in [-0.25, -0.2) is 4.39 Å². The number of aromatic nitrogens is 1. The molecule has 0 unspecified atom stereocenters. The average molecular weight is 283 g/mol. The molecule has 1 aromatic heterocycles. The summed E-state index contributed by atoms with van der Waals surface area (Å²) < 4.78 is 19.0. The molecule has 0 aliphatic heterocycles. The van der Waals surface area contributed by atoms with Crippen LogP contribution in [0.25, 0.3) is 10.9 Å². The highest BCUT2D eigenvalue weighted by Crippen LogP contribution is 2.22. The third kappa shape index (κ3) is 2.94. The van der Waals surface area contributed by atoms with Crippen LogP contribution in [0.5, 0.6) is 0 Å². The first-order chi connectivity index (χ1) is 10.2. The zero-order valence-electron chi connectivity index (χ0n) is 11.3. The maximum atomic E-state index is 13.8. The first-order valence-electron chi connectivity index (χ1n) is 6.68. The summed E-state index contributed by atoms with van der Waals surface area (Å²) in [5.74, 6) is -0.706. The lowest BCUT2D eigenvalue weighted by atomic mass is 10.1. The molecular weight excluding hydrogens is 269 g/mol. The molecule has 21 heavy (non-hydrogen) atoms. The third-order valence-electron chi connectivity index (χ3n) is 3.31. The molecule has 0 aliphatic carbocycles. The normalized spacial score (nSPS) is 10.7. The van der Waals surface area contributed by atoms with Gasteiger partial charge in [0.15, 0.2) is 0 Å². The molecule has 0 amide bonds. The van der Waals surface area contributed by atoms with E-state index in [9.17, 15) is 9.18 Å². The monoisotopic (exact) mass is 283 g/mol. The molecule has 0 radical (unpaired) electrons. The van der Waals surface area contributed by atoms with Crippen LogP contribution in [0.3, 0.4) is 0 Å². The fourth-order valence-electron chi connectivity index (χ4n) is 2.29. The molecule has 0 saturated carbocycles. The lowest BCUT2D eigenvalue weighted by Crippen LogP contribution is -2.07. The van der Waals surface area contributed by atoms with Crippen LogP contribution in [0.2, 0.25) is 0 Å². The Hall–Kier alpha value is -2.62. The molecule has 0 bridgehead atoms. The van der Waals surface area contributed by atoms with Crippen molar-refractivity contribution in [1.29, 1.82) is 0 Å². The number of hydrogen-bond acceptors (Lipinski definition) is 2. The Labute approximate surface area is 121 Å². The summed E-state index contributed by atoms with van der Waals surface area (Å²) in [6.07, 6.45) is 1.70. The topological polar surface area (TPSA) is 42.1 Å². The van der Waals surface area contributed by atoms with Crippen LogP contribution in [-0.4, -0.2) is 11.0 Å². The lowest BCUT2D eigenvalue weighted by Gasteiger charge is -2.04. The van der Waals surface area contributed by atoms with Crippen molar-refractivity contribution in [1.82, 2.24) is 4.98 Å². The molecule has 0 aliphatic rings. The summed E-state index contributed by atoms with van der Waals surface area (Å²) in [4.78, 5) is 14.8. The fourth-order valence-corrected chi connectivity index (χ4v) is 2.29. The van der Waals surface area contributed by atoms with Crippen molar-refractivity contribution in [2.75, 3.05) is 0 Å². The van der Waals surface area contributed by atoms with Crippen LogP contribution >= 0.6 is 0 Å². The van der Waals surface area contributed by atoms with Gasteiger partial charge in [0.05, 0.1) is 6.42 Å². The molecule has 0 saturated heterocycles. The number of carbonyl (C=O) groups excluding carboxylic acids is 1. The van der Waals surface area contributed by atoms with Crippen molar-refractivity contribution in [3.05, 3.63) is 71.7 Å². The molecule has 3 nitrogen and oxygen atoms in total. The number of nitrogens with one attached hydrogen (secondary N) is 1. The average Bonchev–Trinajstić information content (AvgIpc) is 2.91. The number of H-pyrrole nitrogens is 1. The molecule has 3 aromatic rings. The van der Waals surface area contributed by atoms with Crippen molar-refractivity contribution >= 4 is 16.9 Å². The number of ether oxygens (including phenoxy) is 1. The van der Waals surface area contributed by atoms with Gasteiger partial charge in [-0.05, 0) is 23.3 Å². The Morgan fingerprint density at radius 3 is 2.71 bits per heavy atom. The predicted molar refractivity (Wildman–Crippen MR) is 78.2 cm³/mol. The fraction of sp³-hybridized carbons (Fsp3) is 0.118. The summed E-state index contributed by atoms with van der Waals surface area (Å²) in [6.45, 7) is 0.227. The van der Waals surface area contributed by atoms with Gasteiger partial charge in [-0.2, -0.15) is 0 Å². The van der Waals surface area contributed by atoms with Crippen molar-refractivity contribution in [2.45, 2.75) is 13.0 Å². The Bertz CT molecular complexity index is 765. The van der Waals surface area contributed by atoms with Gasteiger partial charge in [-0.15, -0.1) is 0 Å². The molecule has 3 rings (SSSR count). The zero-order chi connectivity index (χ0) is 14.7. The second-order valence-electron chi connectivity index (χ2n) is 4.80. The van der Waals surface area contributed by atoms with E-state index in [0.717, 1.165) is 5.56 Å². The molecule has 2 aromatic carbocycles. The molecular formula is C17H14FNO2. The van der Waals surface area contributed by atoms with E-state index in [1.165, 1.54) is 6.07 Å². The van der Waals surface area contributed by atoms with Crippen LogP contribution in [0.4, 0.5) is 4.39 Å². The van der Waals surface area contributed by atoms with Gasteiger partial charge < -0.3 is 9.72 Å². The second-order valence-corrected chi connectivity index (χ2v) is 4.80. The van der Waals surface area contributed by atoms with E-state index in [1.54, 1.807) is 18.3 Å². The minimum absolute atomic E-state index is 0.0494. The quantitative estimate of drug-likeness (QED) is 0.743. The molecule has 1 N–H and O–H groups in total. The van der Waals surface area contributed by atoms with Crippen LogP contribution in [0, 0.1) is 5.82 Å². The Kier molecular flexibility index (Phi) is 3.69. The van der Waals surface area contributed by atoms with Gasteiger partial charge in [-0.3, -0.25) is 4.79 Å². The summed E-state index contributed by atoms with van der Waals surface area (Å²) >= 11 is 0. The number of fused-ring (bicyclic) bond motifs is 1. The standard InChI is InChI=1S/C17H14FNO2/c18-14-7-4-8-15-17(14)13(10-19-15)9-16(20)21-11-12-5-2-1-3-6-12/h1-8,10,19H,9,11H2. The highest BCUT2D eigenvalue weighted by molar-refractivity contribution is 5.87. The Balaban J connectivity index is 1.69. The number of aromatic amines is 1. The number of hydrogen-bond donors (Lipinski definition) is 1. The first kappa shape index (κ1) is 13.4. The largest absolute Gasteiger partial charge is 0.461 e. The molecule has 0 atom stereocenters. The maximum Gasteiger partial charge on any atom is 0.310 e. The summed E-state index contributed by atoms with van der Waals surface area (Å²) in [5.41, 5.74) is 2.22. The van der Waals surface area contributed by atoms with Crippen molar-refractivity contribution in [3.8, 4) is 0 Å². The minimum Gasteiger partial charge on any atom is -0.461 e. The molecule has 0 fully saturated rings. The third-order valence-corrected chi connectivity index (χ3v) is 3.31. The summed E-state index contributed by atoms with van der Waals surface area (Å²) in [6, 6.07) is 14.2. The Morgan fingerprint density at radius 2 is 1.90 bits per heavy atom. The van der Waals surface area contributed by atoms with Gasteiger partial charge in [0, 0.05) is 17.1 Å². The number of carbonyl (C=O) groups is 1. The molecule has 106 valence electrons. The lowest BCUT2D eigenvalue weighted by molar-refractivity contribution is -0.144. The number of rotatable bonds is 4. The van der Waals surface area contributed by atoms with Gasteiger partial charge >= 0.3 is 5.97 Å². The molecule has 4 heteroatoms. The highest BCUT2D eigenvalue weighted by atomic mass is 19.1. The maximum absolute atomic E-state index is 13.8. The van der Waals surface area contributed by atoms with E-state index < -0.39 is 0 Å². The van der Waals surface area contributed by atoms with Crippen molar-refractivity contribution < 1.29 is 13.9 Å². The second kappa shape index (κ2) is 5.79. The summed E-state index contributed by atoms with van der Waals surface area (Å²) in [5, 5.41) is 0.453. The number of esters is 1. The Morgan fingerprint density at radius 1 is 1.10 bits per heavy atom. The van der Waals surface area contributed by atoms with Crippen LogP contribution < -0.4 is 0 Å². The summed E-state index contributed by atoms with van der Waals surface area (Å²) in [7, 11) is 0. The minimum atomic E-state index is -0.372. The zero-order valence-corrected chi connectivity index (χ0v) is 11.3. The van der Waals surface area contributed by atoms with Crippen molar-refractivity contribution in [2.24, 2.45) is 0 Å². The van der Waals surface area contributed by atoms with E-state index >= 15 is 0 Å². The first-order valence-corrected chi connectivity index (χ1v) is 6.68. The molecule has 0 spiro atoms. The molecule has 1 heterocycles. The van der Waals surface area contributed by atoms with Gasteiger partial charge in [0.1, 0.15) is 12.4 Å². The van der Waals surface area contributed by atoms with Crippen molar-refractivity contribution in [3.63, 3.8) is 0 Å². The van der Waals surface area contributed by atoms with E-state index in [2.05, 4.69) is 4.98 Å². The SMILES string of the molecule is O=C(Cc1c[nH]c2cccc(F)c12)OCc1ccccc1. The van der Waals surface area contributed by atoms with Gasteiger partial charge in [0.25, 0.3) is 0 Å². The van der Waals surface area contributed by atoms with Gasteiger partial charge in [0.2, 0.25) is 0 Å². The highest BCUT2D eigenvalue weighted by Gasteiger charge is 2.13. The number of halogens is 1. The van der Waals surface area contributed by atoms with Crippen LogP contribution in [-0.2, 0) is 22.6 Å². The van der Waals surface area contributed by atoms with E-state index in [4.69, 9.17) is 4.74 Å². The van der Waals surface area contributed by atoms with E-state index in [1.807, 2.05) is 30.3 Å².